The van der Waals surface area contributed by atoms with E-state index in [-0.39, 0.29) is 47.3 Å². The highest BCUT2D eigenvalue weighted by molar-refractivity contribution is 5.62. The van der Waals surface area contributed by atoms with E-state index in [4.69, 9.17) is 9.47 Å². The van der Waals surface area contributed by atoms with Crippen LogP contribution in [0.3, 0.4) is 0 Å². The molecule has 69 heavy (non-hydrogen) atoms. The molecule has 0 saturated carbocycles. The van der Waals surface area contributed by atoms with Crippen molar-refractivity contribution in [3.8, 4) is 34.6 Å². The summed E-state index contributed by atoms with van der Waals surface area (Å²) < 4.78 is 18.3. The highest BCUT2D eigenvalue weighted by Gasteiger charge is 2.29. The highest BCUT2D eigenvalue weighted by Crippen LogP contribution is 2.44. The fourth-order valence-electron chi connectivity index (χ4n) is 8.42. The maximum atomic E-state index is 13.9. The van der Waals surface area contributed by atoms with E-state index in [2.05, 4.69) is 20.5 Å². The van der Waals surface area contributed by atoms with E-state index in [0.29, 0.717) is 58.2 Å². The van der Waals surface area contributed by atoms with E-state index >= 15 is 0 Å². The van der Waals surface area contributed by atoms with Crippen LogP contribution < -0.4 is 29.7 Å². The van der Waals surface area contributed by atoms with Crippen molar-refractivity contribution in [1.29, 1.82) is 0 Å². The minimum Gasteiger partial charge on any atom is -0.496 e. The summed E-state index contributed by atoms with van der Waals surface area (Å²) in [5, 5.41) is 41.4. The third-order valence-corrected chi connectivity index (χ3v) is 11.9. The molecule has 7 aromatic rings. The molecular weight excluding hydrogens is 873 g/mol. The van der Waals surface area contributed by atoms with Gasteiger partial charge in [-0.05, 0) is 85.7 Å². The monoisotopic (exact) mass is 932 g/mol. The van der Waals surface area contributed by atoms with Crippen LogP contribution in [0.5, 0.6) is 23.3 Å². The van der Waals surface area contributed by atoms with Crippen LogP contribution in [-0.4, -0.2) is 84.6 Å². The number of azo groups is 2. The van der Waals surface area contributed by atoms with Crippen LogP contribution >= 0.6 is 0 Å². The summed E-state index contributed by atoms with van der Waals surface area (Å²) in [6.07, 6.45) is 8.42. The Morgan fingerprint density at radius 1 is 0.565 bits per heavy atom. The van der Waals surface area contributed by atoms with Gasteiger partial charge in [0.05, 0.1) is 36.7 Å². The molecule has 4 aromatic heterocycles. The number of rotatable bonds is 19. The molecule has 16 nitrogen and oxygen atoms in total. The Balaban J connectivity index is 1.26. The van der Waals surface area contributed by atoms with Crippen molar-refractivity contribution < 1.29 is 28.8 Å². The van der Waals surface area contributed by atoms with Crippen LogP contribution in [0.4, 0.5) is 22.7 Å². The molecule has 7 rings (SSSR count). The van der Waals surface area contributed by atoms with Crippen molar-refractivity contribution in [3.63, 3.8) is 0 Å². The minimum atomic E-state index is -0.391. The molecule has 2 N–H and O–H groups in total. The number of pyridine rings is 4. The van der Waals surface area contributed by atoms with Crippen LogP contribution in [0.2, 0.25) is 0 Å². The first kappa shape index (κ1) is 49.1. The summed E-state index contributed by atoms with van der Waals surface area (Å²) in [7, 11) is 11.0. The van der Waals surface area contributed by atoms with E-state index in [1.807, 2.05) is 129 Å². The number of aromatic hydroxyl groups is 2. The van der Waals surface area contributed by atoms with Crippen LogP contribution in [0.15, 0.2) is 158 Å². The van der Waals surface area contributed by atoms with Crippen molar-refractivity contribution in [2.45, 2.75) is 45.7 Å². The van der Waals surface area contributed by atoms with Gasteiger partial charge in [-0.25, -0.2) is 0 Å². The summed E-state index contributed by atoms with van der Waals surface area (Å²) in [5.74, 6) is 0.147. The zero-order valence-electron chi connectivity index (χ0n) is 40.4. The van der Waals surface area contributed by atoms with E-state index < -0.39 is 5.92 Å². The van der Waals surface area contributed by atoms with Gasteiger partial charge in [0, 0.05) is 66.5 Å². The lowest BCUT2D eigenvalue weighted by atomic mass is 9.84. The summed E-state index contributed by atoms with van der Waals surface area (Å²) in [5.41, 5.74) is 4.90. The van der Waals surface area contributed by atoms with Gasteiger partial charge in [0.25, 0.3) is 11.4 Å². The van der Waals surface area contributed by atoms with Crippen molar-refractivity contribution in [3.05, 3.63) is 176 Å². The average Bonchev–Trinajstić information content (AvgIpc) is 3.35. The maximum Gasteiger partial charge on any atom is 0.326 e. The van der Waals surface area contributed by atoms with Crippen molar-refractivity contribution in [2.24, 2.45) is 20.5 Å². The lowest BCUT2D eigenvalue weighted by Crippen LogP contribution is -2.40. The summed E-state index contributed by atoms with van der Waals surface area (Å²) in [6, 6.07) is 32.1. The molecule has 0 atom stereocenters. The van der Waals surface area contributed by atoms with Gasteiger partial charge >= 0.3 is 11.1 Å². The molecule has 0 aliphatic carbocycles. The maximum absolute atomic E-state index is 13.9. The Hall–Kier alpha value is -7.82. The largest absolute Gasteiger partial charge is 0.496 e. The van der Waals surface area contributed by atoms with Crippen LogP contribution in [0.1, 0.15) is 46.6 Å². The highest BCUT2D eigenvalue weighted by atomic mass is 16.5. The second-order valence-electron chi connectivity index (χ2n) is 17.2. The number of ether oxygens (including phenoxy) is 2. The SMILES string of the molecule is COc1cc(N=Nc2c(C)c(-[n+]3ccccc3)c(=O)n(CCCN(C)C)c2O)ccc1C(c1ccccc1)c1ccc(N=Nc2c(C)c(-[n+]3ccccc3)c(=O)n(CCCN(C)C)c2O)cc1OC. The zero-order chi connectivity index (χ0) is 49.2. The number of benzene rings is 3. The number of hydrogen-bond acceptors (Lipinski definition) is 12. The first-order valence-corrected chi connectivity index (χ1v) is 22.7. The van der Waals surface area contributed by atoms with E-state index in [9.17, 15) is 19.8 Å². The normalized spacial score (nSPS) is 12.1. The Labute approximate surface area is 402 Å². The first-order valence-electron chi connectivity index (χ1n) is 22.7. The molecule has 16 heteroatoms. The molecule has 4 heterocycles. The van der Waals surface area contributed by atoms with Gasteiger partial charge in [-0.2, -0.15) is 19.4 Å². The predicted octanol–water partition coefficient (Wildman–Crippen LogP) is 8.52. The van der Waals surface area contributed by atoms with Crippen molar-refractivity contribution in [2.75, 3.05) is 55.5 Å². The minimum absolute atomic E-state index is 0.181. The van der Waals surface area contributed by atoms with Gasteiger partial charge in [-0.1, -0.05) is 54.6 Å². The molecular formula is C53H60N10O6+2. The van der Waals surface area contributed by atoms with E-state index in [1.165, 1.54) is 9.13 Å². The van der Waals surface area contributed by atoms with Gasteiger partial charge < -0.3 is 29.5 Å². The molecule has 0 bridgehead atoms. The van der Waals surface area contributed by atoms with Gasteiger partial charge in [0.2, 0.25) is 11.8 Å². The number of methoxy groups -OCH3 is 2. The topological polar surface area (TPSA) is 167 Å². The van der Waals surface area contributed by atoms with Crippen LogP contribution in [0, 0.1) is 13.8 Å². The smallest absolute Gasteiger partial charge is 0.326 e. The fourth-order valence-corrected chi connectivity index (χ4v) is 8.42. The van der Waals surface area contributed by atoms with Crippen LogP contribution in [0.25, 0.3) is 11.4 Å². The zero-order valence-corrected chi connectivity index (χ0v) is 40.4. The molecule has 3 aromatic carbocycles. The molecule has 0 unspecified atom stereocenters. The predicted molar refractivity (Wildman–Crippen MR) is 265 cm³/mol. The lowest BCUT2D eigenvalue weighted by Gasteiger charge is -2.23. The second-order valence-corrected chi connectivity index (χ2v) is 17.2. The second kappa shape index (κ2) is 22.3. The number of nitrogens with zero attached hydrogens (tertiary/aromatic N) is 10. The Morgan fingerprint density at radius 2 is 0.957 bits per heavy atom. The van der Waals surface area contributed by atoms with E-state index in [1.54, 1.807) is 74.1 Å². The summed E-state index contributed by atoms with van der Waals surface area (Å²) >= 11 is 0. The number of aromatic nitrogens is 4. The molecule has 0 aliphatic heterocycles. The Morgan fingerprint density at radius 3 is 1.33 bits per heavy atom. The molecule has 0 spiro atoms. The van der Waals surface area contributed by atoms with Crippen molar-refractivity contribution >= 4 is 22.7 Å². The average molecular weight is 933 g/mol. The quantitative estimate of drug-likeness (QED) is 0.0463. The lowest BCUT2D eigenvalue weighted by molar-refractivity contribution is -0.597. The van der Waals surface area contributed by atoms with Gasteiger partial charge in [-0.15, -0.1) is 10.2 Å². The third-order valence-electron chi connectivity index (χ3n) is 11.9. The Kier molecular flexibility index (Phi) is 15.9. The van der Waals surface area contributed by atoms with Crippen molar-refractivity contribution in [1.82, 2.24) is 18.9 Å². The van der Waals surface area contributed by atoms with Gasteiger partial charge in [0.1, 0.15) is 11.5 Å². The van der Waals surface area contributed by atoms with E-state index in [0.717, 1.165) is 29.8 Å². The molecule has 0 amide bonds. The third kappa shape index (κ3) is 11.0. The molecule has 356 valence electrons. The summed E-state index contributed by atoms with van der Waals surface area (Å²) in [6.45, 7) is 5.52. The molecule has 0 aliphatic rings. The fraction of sp³-hybridized carbons (Fsp3) is 0.283. The molecule has 0 radical (unpaired) electrons. The van der Waals surface area contributed by atoms with Gasteiger partial charge in [-0.3, -0.25) is 18.7 Å². The Bertz CT molecular complexity index is 2890. The molecule has 0 fully saturated rings. The molecule has 0 saturated heterocycles. The standard InChI is InChI=1S/C53H58N10O6/c1-36-46(50(64)62(32-18-26-58(3)4)52(66)48(36)60-28-14-10-15-29-60)56-54-39-22-24-41(43(34-39)68-7)45(38-20-12-9-13-21-38)42-25-23-40(35-44(42)69-8)55-57-47-37(2)49(61-30-16-11-17-31-61)53(67)63(51(47)65)33-19-27-59(5)6/h9-17,20-25,28-31,34-35,45H,18-19,26-27,32-33H2,1-8H3/p+2. The number of hydrogen-bond donors (Lipinski definition) is 2. The first-order chi connectivity index (χ1) is 33.3. The van der Waals surface area contributed by atoms with Gasteiger partial charge in [0.15, 0.2) is 36.2 Å². The van der Waals surface area contributed by atoms with Crippen LogP contribution in [-0.2, 0) is 13.1 Å². The summed E-state index contributed by atoms with van der Waals surface area (Å²) in [4.78, 5) is 31.8.